The highest BCUT2D eigenvalue weighted by atomic mass is 32.1. The number of thiazole rings is 1. The molecule has 0 spiro atoms. The standard InChI is InChI=1S/C19H18N4S/c1-4-12(5-2)14-9-17-18(20-10-14)21-19(24-17)13-6-7-16-15(8-13)11-23(3)22-16/h4,6-11H,5H2,1-3H3/b12-4+. The summed E-state index contributed by atoms with van der Waals surface area (Å²) >= 11 is 1.69. The molecular formula is C19H18N4S. The summed E-state index contributed by atoms with van der Waals surface area (Å²) in [6.07, 6.45) is 7.12. The lowest BCUT2D eigenvalue weighted by Crippen LogP contribution is -1.85. The maximum absolute atomic E-state index is 4.71. The molecule has 0 atom stereocenters. The molecule has 4 aromatic rings. The monoisotopic (exact) mass is 334 g/mol. The highest BCUT2D eigenvalue weighted by Gasteiger charge is 2.10. The lowest BCUT2D eigenvalue weighted by molar-refractivity contribution is 0.780. The number of rotatable bonds is 3. The van der Waals surface area contributed by atoms with Crippen molar-refractivity contribution in [3.8, 4) is 10.6 Å². The number of benzene rings is 1. The molecule has 0 fully saturated rings. The summed E-state index contributed by atoms with van der Waals surface area (Å²) in [5.74, 6) is 0. The Bertz CT molecular complexity index is 1070. The lowest BCUT2D eigenvalue weighted by atomic mass is 10.1. The Hall–Kier alpha value is -2.53. The number of fused-ring (bicyclic) bond motifs is 2. The molecule has 24 heavy (non-hydrogen) atoms. The Kier molecular flexibility index (Phi) is 3.65. The summed E-state index contributed by atoms with van der Waals surface area (Å²) in [6, 6.07) is 8.47. The molecule has 4 rings (SSSR count). The van der Waals surface area contributed by atoms with Gasteiger partial charge in [0.25, 0.3) is 0 Å². The summed E-state index contributed by atoms with van der Waals surface area (Å²) in [6.45, 7) is 4.24. The Morgan fingerprint density at radius 3 is 2.96 bits per heavy atom. The molecule has 0 aliphatic carbocycles. The molecule has 0 amide bonds. The van der Waals surface area contributed by atoms with E-state index in [4.69, 9.17) is 4.98 Å². The number of aryl methyl sites for hydroxylation is 1. The minimum absolute atomic E-state index is 0.816. The molecule has 120 valence electrons. The van der Waals surface area contributed by atoms with E-state index in [-0.39, 0.29) is 0 Å². The van der Waals surface area contributed by atoms with Crippen molar-refractivity contribution in [1.29, 1.82) is 0 Å². The number of hydrogen-bond donors (Lipinski definition) is 0. The van der Waals surface area contributed by atoms with Crippen molar-refractivity contribution >= 4 is 38.2 Å². The predicted octanol–water partition coefficient (Wildman–Crippen LogP) is 5.06. The zero-order valence-corrected chi connectivity index (χ0v) is 14.8. The molecule has 0 aliphatic rings. The van der Waals surface area contributed by atoms with Gasteiger partial charge in [-0.1, -0.05) is 13.0 Å². The van der Waals surface area contributed by atoms with Crippen molar-refractivity contribution in [3.05, 3.63) is 48.3 Å². The number of allylic oxidation sites excluding steroid dienone is 2. The third-order valence-electron chi connectivity index (χ3n) is 4.21. The van der Waals surface area contributed by atoms with E-state index in [0.29, 0.717) is 0 Å². The molecule has 0 unspecified atom stereocenters. The van der Waals surface area contributed by atoms with Gasteiger partial charge in [-0.25, -0.2) is 9.97 Å². The average molecular weight is 334 g/mol. The van der Waals surface area contributed by atoms with Gasteiger partial charge in [0.05, 0.1) is 10.2 Å². The molecule has 4 nitrogen and oxygen atoms in total. The fourth-order valence-corrected chi connectivity index (χ4v) is 3.94. The molecular weight excluding hydrogens is 316 g/mol. The Labute approximate surface area is 144 Å². The van der Waals surface area contributed by atoms with Crippen LogP contribution in [0.3, 0.4) is 0 Å². The summed E-state index contributed by atoms with van der Waals surface area (Å²) < 4.78 is 2.96. The zero-order valence-electron chi connectivity index (χ0n) is 13.9. The Morgan fingerprint density at radius 2 is 2.17 bits per heavy atom. The van der Waals surface area contributed by atoms with Gasteiger partial charge in [0.15, 0.2) is 5.65 Å². The van der Waals surface area contributed by atoms with Gasteiger partial charge in [-0.05, 0) is 48.7 Å². The third-order valence-corrected chi connectivity index (χ3v) is 5.25. The molecule has 3 heterocycles. The van der Waals surface area contributed by atoms with E-state index in [1.54, 1.807) is 11.3 Å². The molecule has 0 radical (unpaired) electrons. The van der Waals surface area contributed by atoms with Crippen LogP contribution in [-0.2, 0) is 7.05 Å². The normalized spacial score (nSPS) is 12.4. The topological polar surface area (TPSA) is 43.6 Å². The van der Waals surface area contributed by atoms with E-state index >= 15 is 0 Å². The summed E-state index contributed by atoms with van der Waals surface area (Å²) in [5, 5.41) is 6.55. The largest absolute Gasteiger partial charge is 0.275 e. The number of aromatic nitrogens is 4. The molecule has 0 N–H and O–H groups in total. The van der Waals surface area contributed by atoms with Crippen LogP contribution in [-0.4, -0.2) is 19.7 Å². The van der Waals surface area contributed by atoms with Crippen LogP contribution in [0.5, 0.6) is 0 Å². The van der Waals surface area contributed by atoms with Gasteiger partial charge in [-0.3, -0.25) is 4.68 Å². The van der Waals surface area contributed by atoms with Crippen LogP contribution in [0.15, 0.2) is 42.7 Å². The first-order valence-corrected chi connectivity index (χ1v) is 8.85. The first kappa shape index (κ1) is 15.0. The van der Waals surface area contributed by atoms with Gasteiger partial charge in [-0.2, -0.15) is 5.10 Å². The first-order valence-electron chi connectivity index (χ1n) is 8.04. The van der Waals surface area contributed by atoms with Gasteiger partial charge in [-0.15, -0.1) is 11.3 Å². The first-order chi connectivity index (χ1) is 11.7. The second-order valence-electron chi connectivity index (χ2n) is 5.81. The van der Waals surface area contributed by atoms with Gasteiger partial charge in [0.1, 0.15) is 5.01 Å². The van der Waals surface area contributed by atoms with Crippen LogP contribution in [0.25, 0.3) is 37.4 Å². The van der Waals surface area contributed by atoms with Crippen LogP contribution in [0.2, 0.25) is 0 Å². The second-order valence-corrected chi connectivity index (χ2v) is 6.84. The van der Waals surface area contributed by atoms with Crippen LogP contribution in [0, 0.1) is 0 Å². The number of hydrogen-bond acceptors (Lipinski definition) is 4. The Balaban J connectivity index is 1.81. The minimum atomic E-state index is 0.816. The second kappa shape index (κ2) is 5.83. The van der Waals surface area contributed by atoms with Crippen molar-refractivity contribution in [1.82, 2.24) is 19.7 Å². The van der Waals surface area contributed by atoms with Crippen molar-refractivity contribution in [3.63, 3.8) is 0 Å². The van der Waals surface area contributed by atoms with E-state index in [1.165, 1.54) is 11.1 Å². The van der Waals surface area contributed by atoms with Crippen molar-refractivity contribution in [2.45, 2.75) is 20.3 Å². The molecule has 0 bridgehead atoms. The highest BCUT2D eigenvalue weighted by molar-refractivity contribution is 7.21. The zero-order chi connectivity index (χ0) is 16.7. The SMILES string of the molecule is C/C=C(\CC)c1cnc2nc(-c3ccc4nn(C)cc4c3)sc2c1. The molecule has 0 saturated heterocycles. The molecule has 1 aromatic carbocycles. The maximum atomic E-state index is 4.71. The summed E-state index contributed by atoms with van der Waals surface area (Å²) in [4.78, 5) is 9.26. The van der Waals surface area contributed by atoms with Crippen LogP contribution in [0.4, 0.5) is 0 Å². The predicted molar refractivity (Wildman–Crippen MR) is 101 cm³/mol. The smallest absolute Gasteiger partial charge is 0.170 e. The quantitative estimate of drug-likeness (QED) is 0.526. The summed E-state index contributed by atoms with van der Waals surface area (Å²) in [7, 11) is 1.94. The maximum Gasteiger partial charge on any atom is 0.170 e. The van der Waals surface area contributed by atoms with Crippen molar-refractivity contribution in [2.75, 3.05) is 0 Å². The fraction of sp³-hybridized carbons (Fsp3) is 0.211. The lowest BCUT2D eigenvalue weighted by Gasteiger charge is -2.02. The highest BCUT2D eigenvalue weighted by Crippen LogP contribution is 2.32. The van der Waals surface area contributed by atoms with E-state index in [0.717, 1.165) is 38.2 Å². The molecule has 0 aliphatic heterocycles. The number of pyridine rings is 1. The van der Waals surface area contributed by atoms with Gasteiger partial charge < -0.3 is 0 Å². The van der Waals surface area contributed by atoms with Crippen LogP contribution in [0.1, 0.15) is 25.8 Å². The molecule has 5 heteroatoms. The van der Waals surface area contributed by atoms with Gasteiger partial charge >= 0.3 is 0 Å². The fourth-order valence-electron chi connectivity index (χ4n) is 2.98. The number of nitrogens with zero attached hydrogens (tertiary/aromatic N) is 4. The average Bonchev–Trinajstić information content (AvgIpc) is 3.16. The third kappa shape index (κ3) is 2.51. The van der Waals surface area contributed by atoms with Crippen molar-refractivity contribution in [2.24, 2.45) is 7.05 Å². The van der Waals surface area contributed by atoms with Crippen molar-refractivity contribution < 1.29 is 0 Å². The van der Waals surface area contributed by atoms with Gasteiger partial charge in [0, 0.05) is 30.4 Å². The van der Waals surface area contributed by atoms with Gasteiger partial charge in [0.2, 0.25) is 0 Å². The summed E-state index contributed by atoms with van der Waals surface area (Å²) in [5.41, 5.74) is 5.43. The van der Waals surface area contributed by atoms with E-state index in [2.05, 4.69) is 48.2 Å². The van der Waals surface area contributed by atoms with E-state index < -0.39 is 0 Å². The minimum Gasteiger partial charge on any atom is -0.275 e. The van der Waals surface area contributed by atoms with Crippen LogP contribution >= 0.6 is 11.3 Å². The molecule has 3 aromatic heterocycles. The Morgan fingerprint density at radius 1 is 1.29 bits per heavy atom. The van der Waals surface area contributed by atoms with E-state index in [1.807, 2.05) is 30.2 Å². The molecule has 0 saturated carbocycles. The van der Waals surface area contributed by atoms with E-state index in [9.17, 15) is 0 Å². The van der Waals surface area contributed by atoms with Crippen LogP contribution < -0.4 is 0 Å².